The Labute approximate surface area is 93.6 Å². The number of rotatable bonds is 5. The zero-order valence-electron chi connectivity index (χ0n) is 8.71. The molecule has 4 heteroatoms. The van der Waals surface area contributed by atoms with Crippen LogP contribution < -0.4 is 0 Å². The Kier molecular flexibility index (Phi) is 6.86. The second-order valence-corrected chi connectivity index (χ2v) is 5.15. The quantitative estimate of drug-likeness (QED) is 0.713. The molecule has 0 aromatic rings. The van der Waals surface area contributed by atoms with E-state index in [4.69, 9.17) is 0 Å². The standard InChI is InChI=1S/C9H18BrNOS/c1-5-8(10)9(12)11(3)7(2)6-13-4/h7-8H,5-6H2,1-4H3. The lowest BCUT2D eigenvalue weighted by Crippen LogP contribution is -2.40. The SMILES string of the molecule is CCC(Br)C(=O)N(C)C(C)CSC. The van der Waals surface area contributed by atoms with Crippen LogP contribution in [-0.2, 0) is 4.79 Å². The van der Waals surface area contributed by atoms with Crippen molar-refractivity contribution in [2.45, 2.75) is 31.1 Å². The average Bonchev–Trinajstić information content (AvgIpc) is 2.14. The molecule has 2 atom stereocenters. The number of hydrogen-bond donors (Lipinski definition) is 0. The van der Waals surface area contributed by atoms with Crippen LogP contribution in [0.5, 0.6) is 0 Å². The van der Waals surface area contributed by atoms with Gasteiger partial charge in [0.15, 0.2) is 0 Å². The molecular formula is C9H18BrNOS. The Morgan fingerprint density at radius 2 is 2.15 bits per heavy atom. The first-order valence-electron chi connectivity index (χ1n) is 4.44. The number of alkyl halides is 1. The fraction of sp³-hybridized carbons (Fsp3) is 0.889. The van der Waals surface area contributed by atoms with Gasteiger partial charge in [-0.2, -0.15) is 11.8 Å². The minimum Gasteiger partial charge on any atom is -0.341 e. The second kappa shape index (κ2) is 6.71. The van der Waals surface area contributed by atoms with E-state index in [1.165, 1.54) is 0 Å². The predicted molar refractivity (Wildman–Crippen MR) is 63.6 cm³/mol. The van der Waals surface area contributed by atoms with Gasteiger partial charge in [-0.3, -0.25) is 4.79 Å². The molecule has 0 saturated carbocycles. The molecule has 78 valence electrons. The van der Waals surface area contributed by atoms with Gasteiger partial charge < -0.3 is 4.90 Å². The van der Waals surface area contributed by atoms with Crippen LogP contribution in [0.15, 0.2) is 0 Å². The molecular weight excluding hydrogens is 250 g/mol. The molecule has 0 aromatic heterocycles. The van der Waals surface area contributed by atoms with Crippen molar-refractivity contribution in [2.75, 3.05) is 19.1 Å². The smallest absolute Gasteiger partial charge is 0.236 e. The maximum atomic E-state index is 11.7. The molecule has 2 unspecified atom stereocenters. The summed E-state index contributed by atoms with van der Waals surface area (Å²) in [5.74, 6) is 1.18. The normalized spacial score (nSPS) is 15.2. The zero-order chi connectivity index (χ0) is 10.4. The van der Waals surface area contributed by atoms with Crippen LogP contribution in [0.4, 0.5) is 0 Å². The van der Waals surface area contributed by atoms with E-state index in [9.17, 15) is 4.79 Å². The molecule has 1 amide bonds. The van der Waals surface area contributed by atoms with E-state index < -0.39 is 0 Å². The van der Waals surface area contributed by atoms with E-state index in [-0.39, 0.29) is 10.7 Å². The lowest BCUT2D eigenvalue weighted by Gasteiger charge is -2.26. The minimum atomic E-state index is -0.0261. The molecule has 13 heavy (non-hydrogen) atoms. The molecule has 0 heterocycles. The maximum absolute atomic E-state index is 11.7. The third-order valence-corrected chi connectivity index (χ3v) is 3.90. The van der Waals surface area contributed by atoms with Crippen molar-refractivity contribution in [3.63, 3.8) is 0 Å². The summed E-state index contributed by atoms with van der Waals surface area (Å²) >= 11 is 5.13. The molecule has 0 bridgehead atoms. The predicted octanol–water partition coefficient (Wildman–Crippen LogP) is 2.37. The Bertz CT molecular complexity index is 166. The van der Waals surface area contributed by atoms with Gasteiger partial charge in [0.2, 0.25) is 5.91 Å². The van der Waals surface area contributed by atoms with Gasteiger partial charge in [-0.05, 0) is 19.6 Å². The number of halogens is 1. The van der Waals surface area contributed by atoms with Gasteiger partial charge in [-0.15, -0.1) is 0 Å². The number of carbonyl (C=O) groups excluding carboxylic acids is 1. The monoisotopic (exact) mass is 267 g/mol. The first-order chi connectivity index (χ1) is 6.04. The summed E-state index contributed by atoms with van der Waals surface area (Å²) in [6.45, 7) is 4.08. The summed E-state index contributed by atoms with van der Waals surface area (Å²) in [7, 11) is 1.87. The fourth-order valence-electron chi connectivity index (χ4n) is 0.966. The second-order valence-electron chi connectivity index (χ2n) is 3.13. The lowest BCUT2D eigenvalue weighted by molar-refractivity contribution is -0.130. The van der Waals surface area contributed by atoms with Gasteiger partial charge in [0.25, 0.3) is 0 Å². The first kappa shape index (κ1) is 13.3. The fourth-order valence-corrected chi connectivity index (χ4v) is 1.99. The molecule has 0 fully saturated rings. The number of thioether (sulfide) groups is 1. The van der Waals surface area contributed by atoms with Crippen LogP contribution in [0.1, 0.15) is 20.3 Å². The number of hydrogen-bond acceptors (Lipinski definition) is 2. The summed E-state index contributed by atoms with van der Waals surface area (Å²) in [5, 5.41) is 0. The highest BCUT2D eigenvalue weighted by Gasteiger charge is 2.20. The Morgan fingerprint density at radius 1 is 1.62 bits per heavy atom. The summed E-state index contributed by atoms with van der Waals surface area (Å²) in [4.78, 5) is 13.5. The largest absolute Gasteiger partial charge is 0.341 e. The molecule has 0 aliphatic rings. The lowest BCUT2D eigenvalue weighted by atomic mass is 10.2. The van der Waals surface area contributed by atoms with E-state index in [2.05, 4.69) is 29.1 Å². The van der Waals surface area contributed by atoms with Crippen molar-refractivity contribution in [1.29, 1.82) is 0 Å². The van der Waals surface area contributed by atoms with Crippen LogP contribution in [0.25, 0.3) is 0 Å². The van der Waals surface area contributed by atoms with Crippen molar-refractivity contribution in [3.8, 4) is 0 Å². The first-order valence-corrected chi connectivity index (χ1v) is 6.75. The van der Waals surface area contributed by atoms with Gasteiger partial charge in [-0.1, -0.05) is 22.9 Å². The molecule has 0 aliphatic carbocycles. The van der Waals surface area contributed by atoms with Crippen LogP contribution in [0.3, 0.4) is 0 Å². The van der Waals surface area contributed by atoms with Crippen LogP contribution in [0.2, 0.25) is 0 Å². The summed E-state index contributed by atoms with van der Waals surface area (Å²) in [5.41, 5.74) is 0. The van der Waals surface area contributed by atoms with E-state index >= 15 is 0 Å². The topological polar surface area (TPSA) is 20.3 Å². The minimum absolute atomic E-state index is 0.0261. The number of amides is 1. The van der Waals surface area contributed by atoms with Crippen molar-refractivity contribution >= 4 is 33.6 Å². The third kappa shape index (κ3) is 4.36. The third-order valence-electron chi connectivity index (χ3n) is 2.04. The maximum Gasteiger partial charge on any atom is 0.236 e. The molecule has 0 rings (SSSR count). The van der Waals surface area contributed by atoms with Crippen molar-refractivity contribution < 1.29 is 4.79 Å². The van der Waals surface area contributed by atoms with Gasteiger partial charge in [0, 0.05) is 18.8 Å². The highest BCUT2D eigenvalue weighted by atomic mass is 79.9. The van der Waals surface area contributed by atoms with E-state index in [1.807, 2.05) is 18.9 Å². The van der Waals surface area contributed by atoms with Gasteiger partial charge in [0.1, 0.15) is 0 Å². The van der Waals surface area contributed by atoms with Crippen LogP contribution in [0, 0.1) is 0 Å². The van der Waals surface area contributed by atoms with Gasteiger partial charge in [0.05, 0.1) is 4.83 Å². The average molecular weight is 268 g/mol. The van der Waals surface area contributed by atoms with E-state index in [0.29, 0.717) is 6.04 Å². The Hall–Kier alpha value is 0.300. The molecule has 0 saturated heterocycles. The number of carbonyl (C=O) groups is 1. The molecule has 0 aromatic carbocycles. The molecule has 0 spiro atoms. The summed E-state index contributed by atoms with van der Waals surface area (Å²) in [6, 6.07) is 0.314. The Balaban J connectivity index is 4.08. The van der Waals surface area contributed by atoms with Crippen molar-refractivity contribution in [2.24, 2.45) is 0 Å². The highest BCUT2D eigenvalue weighted by molar-refractivity contribution is 9.10. The zero-order valence-corrected chi connectivity index (χ0v) is 11.1. The van der Waals surface area contributed by atoms with Crippen molar-refractivity contribution in [3.05, 3.63) is 0 Å². The van der Waals surface area contributed by atoms with Gasteiger partial charge >= 0.3 is 0 Å². The van der Waals surface area contributed by atoms with E-state index in [0.717, 1.165) is 12.2 Å². The molecule has 2 nitrogen and oxygen atoms in total. The van der Waals surface area contributed by atoms with Crippen LogP contribution >= 0.6 is 27.7 Å². The molecule has 0 radical (unpaired) electrons. The summed E-state index contributed by atoms with van der Waals surface area (Å²) in [6.07, 6.45) is 2.90. The Morgan fingerprint density at radius 3 is 2.54 bits per heavy atom. The van der Waals surface area contributed by atoms with Gasteiger partial charge in [-0.25, -0.2) is 0 Å². The molecule has 0 N–H and O–H groups in total. The molecule has 0 aliphatic heterocycles. The number of nitrogens with zero attached hydrogens (tertiary/aromatic N) is 1. The highest BCUT2D eigenvalue weighted by Crippen LogP contribution is 2.11. The summed E-state index contributed by atoms with van der Waals surface area (Å²) < 4.78 is 0. The van der Waals surface area contributed by atoms with E-state index in [1.54, 1.807) is 11.8 Å². The van der Waals surface area contributed by atoms with Crippen LogP contribution in [-0.4, -0.2) is 40.7 Å². The van der Waals surface area contributed by atoms with Crippen molar-refractivity contribution in [1.82, 2.24) is 4.90 Å².